The van der Waals surface area contributed by atoms with E-state index in [0.717, 1.165) is 12.8 Å². The van der Waals surface area contributed by atoms with Gasteiger partial charge >= 0.3 is 0 Å². The molecule has 0 aliphatic heterocycles. The SMILES string of the molecule is CCN(C(=O)c1ccc([N+](=O)[O-])cc1Cl)C1CC1. The van der Waals surface area contributed by atoms with Gasteiger partial charge in [0, 0.05) is 24.7 Å². The molecular weight excluding hydrogens is 256 g/mol. The molecule has 1 saturated carbocycles. The van der Waals surface area contributed by atoms with E-state index < -0.39 is 4.92 Å². The van der Waals surface area contributed by atoms with Crippen LogP contribution >= 0.6 is 11.6 Å². The van der Waals surface area contributed by atoms with Crippen LogP contribution in [0.25, 0.3) is 0 Å². The number of non-ortho nitro benzene ring substituents is 1. The Morgan fingerprint density at radius 1 is 1.56 bits per heavy atom. The molecule has 1 aromatic carbocycles. The van der Waals surface area contributed by atoms with Gasteiger partial charge in [0.15, 0.2) is 0 Å². The highest BCUT2D eigenvalue weighted by molar-refractivity contribution is 6.34. The lowest BCUT2D eigenvalue weighted by molar-refractivity contribution is -0.384. The summed E-state index contributed by atoms with van der Waals surface area (Å²) in [5, 5.41) is 10.7. The molecule has 6 heteroatoms. The van der Waals surface area contributed by atoms with Crippen LogP contribution in [0.3, 0.4) is 0 Å². The largest absolute Gasteiger partial charge is 0.336 e. The van der Waals surface area contributed by atoms with Gasteiger partial charge in [0.2, 0.25) is 0 Å². The van der Waals surface area contributed by atoms with Gasteiger partial charge in [-0.3, -0.25) is 14.9 Å². The predicted octanol–water partition coefficient (Wildman–Crippen LogP) is 2.87. The standard InChI is InChI=1S/C12H13ClN2O3/c1-2-14(8-3-4-8)12(16)10-6-5-9(15(17)18)7-11(10)13/h5-8H,2-4H2,1H3. The van der Waals surface area contributed by atoms with Gasteiger partial charge in [-0.1, -0.05) is 11.6 Å². The Kier molecular flexibility index (Phi) is 3.52. The smallest absolute Gasteiger partial charge is 0.270 e. The summed E-state index contributed by atoms with van der Waals surface area (Å²) in [4.78, 5) is 24.1. The number of carbonyl (C=O) groups is 1. The number of rotatable bonds is 4. The second kappa shape index (κ2) is 4.94. The van der Waals surface area contributed by atoms with Gasteiger partial charge in [0.25, 0.3) is 11.6 Å². The van der Waals surface area contributed by atoms with E-state index in [-0.39, 0.29) is 16.6 Å². The minimum absolute atomic E-state index is 0.106. The number of hydrogen-bond donors (Lipinski definition) is 0. The molecule has 18 heavy (non-hydrogen) atoms. The van der Waals surface area contributed by atoms with Crippen molar-refractivity contribution >= 4 is 23.2 Å². The molecule has 0 spiro atoms. The molecule has 2 rings (SSSR count). The summed E-state index contributed by atoms with van der Waals surface area (Å²) in [6, 6.07) is 4.25. The van der Waals surface area contributed by atoms with Crippen LogP contribution in [-0.4, -0.2) is 28.3 Å². The number of hydrogen-bond acceptors (Lipinski definition) is 3. The lowest BCUT2D eigenvalue weighted by Crippen LogP contribution is -2.33. The normalized spacial score (nSPS) is 14.3. The Hall–Kier alpha value is -1.62. The molecule has 0 N–H and O–H groups in total. The van der Waals surface area contributed by atoms with Crippen LogP contribution in [0.5, 0.6) is 0 Å². The lowest BCUT2D eigenvalue weighted by Gasteiger charge is -2.20. The molecule has 1 aromatic rings. The number of carbonyl (C=O) groups excluding carboxylic acids is 1. The second-order valence-electron chi connectivity index (χ2n) is 4.24. The van der Waals surface area contributed by atoms with Gasteiger partial charge in [-0.25, -0.2) is 0 Å². The highest BCUT2D eigenvalue weighted by Gasteiger charge is 2.32. The van der Waals surface area contributed by atoms with Crippen LogP contribution in [0.2, 0.25) is 5.02 Å². The average molecular weight is 269 g/mol. The minimum atomic E-state index is -0.529. The summed E-state index contributed by atoms with van der Waals surface area (Å²) in [5.74, 6) is -0.153. The van der Waals surface area contributed by atoms with Crippen molar-refractivity contribution in [3.63, 3.8) is 0 Å². The Morgan fingerprint density at radius 3 is 2.67 bits per heavy atom. The highest BCUT2D eigenvalue weighted by Crippen LogP contribution is 2.30. The molecule has 0 heterocycles. The minimum Gasteiger partial charge on any atom is -0.336 e. The first-order valence-electron chi connectivity index (χ1n) is 5.79. The van der Waals surface area contributed by atoms with E-state index in [4.69, 9.17) is 11.6 Å². The maximum atomic E-state index is 12.2. The van der Waals surface area contributed by atoms with Crippen molar-refractivity contribution in [1.29, 1.82) is 0 Å². The van der Waals surface area contributed by atoms with Crippen molar-refractivity contribution in [3.8, 4) is 0 Å². The lowest BCUT2D eigenvalue weighted by atomic mass is 10.1. The zero-order valence-electron chi connectivity index (χ0n) is 9.93. The monoisotopic (exact) mass is 268 g/mol. The summed E-state index contributed by atoms with van der Waals surface area (Å²) in [6.45, 7) is 2.53. The molecule has 1 fully saturated rings. The Bertz CT molecular complexity index is 500. The molecular formula is C12H13ClN2O3. The fourth-order valence-electron chi connectivity index (χ4n) is 1.90. The first kappa shape index (κ1) is 12.8. The predicted molar refractivity (Wildman–Crippen MR) is 67.8 cm³/mol. The summed E-state index contributed by atoms with van der Waals surface area (Å²) in [7, 11) is 0. The molecule has 0 unspecified atom stereocenters. The van der Waals surface area contributed by atoms with Crippen molar-refractivity contribution in [2.75, 3.05) is 6.54 Å². The third-order valence-corrected chi connectivity index (χ3v) is 3.30. The van der Waals surface area contributed by atoms with Crippen molar-refractivity contribution in [2.24, 2.45) is 0 Å². The first-order valence-corrected chi connectivity index (χ1v) is 6.17. The van der Waals surface area contributed by atoms with Crippen molar-refractivity contribution in [3.05, 3.63) is 38.9 Å². The third kappa shape index (κ3) is 2.46. The van der Waals surface area contributed by atoms with Gasteiger partial charge < -0.3 is 4.90 Å². The molecule has 1 aliphatic carbocycles. The molecule has 1 aliphatic rings. The molecule has 0 radical (unpaired) electrons. The van der Waals surface area contributed by atoms with E-state index in [2.05, 4.69) is 0 Å². The number of nitro benzene ring substituents is 1. The maximum Gasteiger partial charge on any atom is 0.270 e. The highest BCUT2D eigenvalue weighted by atomic mass is 35.5. The van der Waals surface area contributed by atoms with E-state index in [1.807, 2.05) is 6.92 Å². The van der Waals surface area contributed by atoms with Crippen LogP contribution in [0.4, 0.5) is 5.69 Å². The van der Waals surface area contributed by atoms with Crippen LogP contribution in [0, 0.1) is 10.1 Å². The average Bonchev–Trinajstić information content (AvgIpc) is 3.14. The van der Waals surface area contributed by atoms with Gasteiger partial charge in [0.1, 0.15) is 0 Å². The number of halogens is 1. The van der Waals surface area contributed by atoms with Gasteiger partial charge in [-0.15, -0.1) is 0 Å². The zero-order chi connectivity index (χ0) is 13.3. The second-order valence-corrected chi connectivity index (χ2v) is 4.65. The maximum absolute atomic E-state index is 12.2. The summed E-state index contributed by atoms with van der Waals surface area (Å²) >= 11 is 5.94. The molecule has 0 saturated heterocycles. The quantitative estimate of drug-likeness (QED) is 0.623. The van der Waals surface area contributed by atoms with Crippen LogP contribution in [0.15, 0.2) is 18.2 Å². The van der Waals surface area contributed by atoms with Gasteiger partial charge in [0.05, 0.1) is 15.5 Å². The molecule has 96 valence electrons. The van der Waals surface area contributed by atoms with E-state index in [1.54, 1.807) is 4.90 Å². The summed E-state index contributed by atoms with van der Waals surface area (Å²) < 4.78 is 0. The Morgan fingerprint density at radius 2 is 2.22 bits per heavy atom. The van der Waals surface area contributed by atoms with Gasteiger partial charge in [-0.05, 0) is 25.8 Å². The molecule has 0 atom stereocenters. The van der Waals surface area contributed by atoms with Crippen molar-refractivity contribution in [1.82, 2.24) is 4.90 Å². The zero-order valence-corrected chi connectivity index (χ0v) is 10.7. The topological polar surface area (TPSA) is 63.5 Å². The fourth-order valence-corrected chi connectivity index (χ4v) is 2.16. The van der Waals surface area contributed by atoms with Crippen LogP contribution < -0.4 is 0 Å². The Balaban J connectivity index is 2.27. The van der Waals surface area contributed by atoms with Crippen LogP contribution in [-0.2, 0) is 0 Å². The fraction of sp³-hybridized carbons (Fsp3) is 0.417. The first-order chi connectivity index (χ1) is 8.54. The van der Waals surface area contributed by atoms with E-state index in [1.165, 1.54) is 18.2 Å². The molecule has 0 aromatic heterocycles. The summed E-state index contributed by atoms with van der Waals surface area (Å²) in [6.07, 6.45) is 2.04. The molecule has 5 nitrogen and oxygen atoms in total. The number of benzene rings is 1. The molecule has 1 amide bonds. The van der Waals surface area contributed by atoms with Crippen molar-refractivity contribution in [2.45, 2.75) is 25.8 Å². The number of nitrogens with zero attached hydrogens (tertiary/aromatic N) is 2. The van der Waals surface area contributed by atoms with Crippen molar-refractivity contribution < 1.29 is 9.72 Å². The van der Waals surface area contributed by atoms with E-state index in [0.29, 0.717) is 18.2 Å². The number of amides is 1. The van der Waals surface area contributed by atoms with Crippen LogP contribution in [0.1, 0.15) is 30.1 Å². The van der Waals surface area contributed by atoms with E-state index in [9.17, 15) is 14.9 Å². The molecule has 0 bridgehead atoms. The number of nitro groups is 1. The van der Waals surface area contributed by atoms with E-state index >= 15 is 0 Å². The third-order valence-electron chi connectivity index (χ3n) is 2.98. The Labute approximate surface area is 109 Å². The summed E-state index contributed by atoms with van der Waals surface area (Å²) in [5.41, 5.74) is 0.224. The van der Waals surface area contributed by atoms with Gasteiger partial charge in [-0.2, -0.15) is 0 Å².